The lowest BCUT2D eigenvalue weighted by Gasteiger charge is -2.29. The molecule has 0 radical (unpaired) electrons. The Morgan fingerprint density at radius 3 is 2.47 bits per heavy atom. The number of rotatable bonds is 6. The van der Waals surface area contributed by atoms with Crippen LogP contribution in [-0.2, 0) is 17.7 Å². The standard InChI is InChI=1S/C28H29N7O/c1-3-26-29-27-19(2)16-22(34-12-14-36-15-13-34)17-25(27)35(26)18-20-8-10-21(11-9-20)23-6-4-5-7-24(23)28-30-32-33-31-28/h4-11,16-17H,3,12-15,18H2,1-2H3,(H,30,31,32,33). The summed E-state index contributed by atoms with van der Waals surface area (Å²) in [5.74, 6) is 1.71. The van der Waals surface area contributed by atoms with E-state index < -0.39 is 0 Å². The molecule has 0 aliphatic carbocycles. The van der Waals surface area contributed by atoms with Gasteiger partial charge in [-0.25, -0.2) is 4.98 Å². The van der Waals surface area contributed by atoms with E-state index in [0.717, 1.165) is 67.3 Å². The highest BCUT2D eigenvalue weighted by molar-refractivity contribution is 5.84. The first-order valence-electron chi connectivity index (χ1n) is 12.5. The van der Waals surface area contributed by atoms with Gasteiger partial charge >= 0.3 is 0 Å². The molecule has 1 fully saturated rings. The van der Waals surface area contributed by atoms with Gasteiger partial charge in [-0.15, -0.1) is 10.2 Å². The minimum absolute atomic E-state index is 0.596. The number of aromatic amines is 1. The van der Waals surface area contributed by atoms with Crippen LogP contribution < -0.4 is 4.90 Å². The first-order chi connectivity index (χ1) is 17.7. The number of hydrogen-bond donors (Lipinski definition) is 1. The van der Waals surface area contributed by atoms with Gasteiger partial charge in [0.15, 0.2) is 0 Å². The lowest BCUT2D eigenvalue weighted by molar-refractivity contribution is 0.122. The molecule has 8 nitrogen and oxygen atoms in total. The molecular formula is C28H29N7O. The first-order valence-corrected chi connectivity index (χ1v) is 12.5. The quantitative estimate of drug-likeness (QED) is 0.382. The molecule has 3 aromatic carbocycles. The highest BCUT2D eigenvalue weighted by Crippen LogP contribution is 2.31. The third kappa shape index (κ3) is 4.13. The van der Waals surface area contributed by atoms with Gasteiger partial charge in [0.25, 0.3) is 0 Å². The van der Waals surface area contributed by atoms with E-state index in [9.17, 15) is 0 Å². The van der Waals surface area contributed by atoms with E-state index in [2.05, 4.69) is 86.4 Å². The summed E-state index contributed by atoms with van der Waals surface area (Å²) in [6.07, 6.45) is 0.886. The van der Waals surface area contributed by atoms with Crippen molar-refractivity contribution in [2.24, 2.45) is 0 Å². The van der Waals surface area contributed by atoms with E-state index in [1.165, 1.54) is 22.3 Å². The SMILES string of the molecule is CCc1nc2c(C)cc(N3CCOCC3)cc2n1Cc1ccc(-c2ccccc2-c2nn[nH]n2)cc1. The fraction of sp³-hybridized carbons (Fsp3) is 0.286. The maximum Gasteiger partial charge on any atom is 0.205 e. The van der Waals surface area contributed by atoms with Crippen molar-refractivity contribution in [2.75, 3.05) is 31.2 Å². The van der Waals surface area contributed by atoms with E-state index in [1.807, 2.05) is 18.2 Å². The largest absolute Gasteiger partial charge is 0.378 e. The normalized spacial score (nSPS) is 14.0. The molecule has 3 heterocycles. The number of imidazole rings is 1. The van der Waals surface area contributed by atoms with Crippen molar-refractivity contribution in [3.05, 3.63) is 77.6 Å². The van der Waals surface area contributed by atoms with Crippen LogP contribution in [0.2, 0.25) is 0 Å². The van der Waals surface area contributed by atoms with Crippen molar-refractivity contribution in [1.29, 1.82) is 0 Å². The van der Waals surface area contributed by atoms with Crippen LogP contribution in [0.4, 0.5) is 5.69 Å². The lowest BCUT2D eigenvalue weighted by Crippen LogP contribution is -2.36. The number of aromatic nitrogens is 6. The number of tetrazole rings is 1. The predicted molar refractivity (Wildman–Crippen MR) is 141 cm³/mol. The van der Waals surface area contributed by atoms with Crippen LogP contribution in [0.1, 0.15) is 23.9 Å². The molecule has 0 amide bonds. The van der Waals surface area contributed by atoms with Gasteiger partial charge in [0.2, 0.25) is 5.82 Å². The Kier molecular flexibility index (Phi) is 5.95. The Labute approximate surface area is 209 Å². The van der Waals surface area contributed by atoms with E-state index >= 15 is 0 Å². The molecule has 1 N–H and O–H groups in total. The Morgan fingerprint density at radius 2 is 1.75 bits per heavy atom. The molecule has 8 heteroatoms. The zero-order valence-corrected chi connectivity index (χ0v) is 20.6. The summed E-state index contributed by atoms with van der Waals surface area (Å²) < 4.78 is 7.93. The number of fused-ring (bicyclic) bond motifs is 1. The van der Waals surface area contributed by atoms with Crippen LogP contribution in [0, 0.1) is 6.92 Å². The average Bonchev–Trinajstić information content (AvgIpc) is 3.59. The van der Waals surface area contributed by atoms with Crippen LogP contribution in [0.3, 0.4) is 0 Å². The molecule has 5 aromatic rings. The third-order valence-electron chi connectivity index (χ3n) is 6.92. The predicted octanol–water partition coefficient (Wildman–Crippen LogP) is 4.64. The number of nitrogens with zero attached hydrogens (tertiary/aromatic N) is 6. The van der Waals surface area contributed by atoms with Crippen molar-refractivity contribution in [1.82, 2.24) is 30.2 Å². The summed E-state index contributed by atoms with van der Waals surface area (Å²) in [6.45, 7) is 8.52. The van der Waals surface area contributed by atoms with Crippen LogP contribution in [0.5, 0.6) is 0 Å². The molecule has 0 atom stereocenters. The van der Waals surface area contributed by atoms with Crippen molar-refractivity contribution < 1.29 is 4.74 Å². The van der Waals surface area contributed by atoms with Crippen LogP contribution >= 0.6 is 0 Å². The maximum absolute atomic E-state index is 5.56. The zero-order valence-electron chi connectivity index (χ0n) is 20.6. The van der Waals surface area contributed by atoms with Gasteiger partial charge in [-0.05, 0) is 46.5 Å². The number of aryl methyl sites for hydroxylation is 2. The monoisotopic (exact) mass is 479 g/mol. The summed E-state index contributed by atoms with van der Waals surface area (Å²) >= 11 is 0. The molecule has 182 valence electrons. The number of benzene rings is 3. The van der Waals surface area contributed by atoms with E-state index in [-0.39, 0.29) is 0 Å². The Bertz CT molecular complexity index is 1480. The summed E-state index contributed by atoms with van der Waals surface area (Å²) in [6, 6.07) is 21.4. The number of anilines is 1. The van der Waals surface area contributed by atoms with Gasteiger partial charge in [0.05, 0.1) is 24.2 Å². The first kappa shape index (κ1) is 22.4. The molecule has 6 rings (SSSR count). The number of H-pyrrole nitrogens is 1. The molecule has 36 heavy (non-hydrogen) atoms. The smallest absolute Gasteiger partial charge is 0.205 e. The van der Waals surface area contributed by atoms with E-state index in [4.69, 9.17) is 9.72 Å². The van der Waals surface area contributed by atoms with Crippen LogP contribution in [0.15, 0.2) is 60.7 Å². The second kappa shape index (κ2) is 9.54. The second-order valence-electron chi connectivity index (χ2n) is 9.18. The zero-order chi connectivity index (χ0) is 24.5. The van der Waals surface area contributed by atoms with E-state index in [1.54, 1.807) is 0 Å². The molecule has 0 saturated carbocycles. The van der Waals surface area contributed by atoms with Gasteiger partial charge in [-0.1, -0.05) is 55.5 Å². The number of ether oxygens (including phenoxy) is 1. The van der Waals surface area contributed by atoms with Crippen molar-refractivity contribution in [3.63, 3.8) is 0 Å². The van der Waals surface area contributed by atoms with Crippen LogP contribution in [-0.4, -0.2) is 56.5 Å². The summed E-state index contributed by atoms with van der Waals surface area (Å²) in [4.78, 5) is 7.43. The molecule has 2 aromatic heterocycles. The number of nitrogens with one attached hydrogen (secondary N) is 1. The Morgan fingerprint density at radius 1 is 0.972 bits per heavy atom. The van der Waals surface area contributed by atoms with Gasteiger partial charge in [-0.3, -0.25) is 0 Å². The molecule has 0 unspecified atom stereocenters. The molecular weight excluding hydrogens is 450 g/mol. The second-order valence-corrected chi connectivity index (χ2v) is 9.18. The Hall–Kier alpha value is -4.04. The summed E-state index contributed by atoms with van der Waals surface area (Å²) in [5.41, 5.74) is 9.15. The van der Waals surface area contributed by atoms with E-state index in [0.29, 0.717) is 5.82 Å². The van der Waals surface area contributed by atoms with Gasteiger partial charge in [-0.2, -0.15) is 5.21 Å². The minimum atomic E-state index is 0.596. The summed E-state index contributed by atoms with van der Waals surface area (Å²) in [5, 5.41) is 14.6. The van der Waals surface area contributed by atoms with Crippen LogP contribution in [0.25, 0.3) is 33.5 Å². The molecule has 1 aliphatic rings. The van der Waals surface area contributed by atoms with Gasteiger partial charge < -0.3 is 14.2 Å². The van der Waals surface area contributed by atoms with Gasteiger partial charge in [0.1, 0.15) is 5.82 Å². The fourth-order valence-electron chi connectivity index (χ4n) is 5.05. The fourth-order valence-corrected chi connectivity index (χ4v) is 5.05. The number of hydrogen-bond acceptors (Lipinski definition) is 6. The van der Waals surface area contributed by atoms with Gasteiger partial charge in [0, 0.05) is 37.3 Å². The number of morpholine rings is 1. The molecule has 1 saturated heterocycles. The van der Waals surface area contributed by atoms with Crippen molar-refractivity contribution >= 4 is 16.7 Å². The highest BCUT2D eigenvalue weighted by atomic mass is 16.5. The lowest BCUT2D eigenvalue weighted by atomic mass is 9.98. The highest BCUT2D eigenvalue weighted by Gasteiger charge is 2.17. The average molecular weight is 480 g/mol. The third-order valence-corrected chi connectivity index (χ3v) is 6.92. The van der Waals surface area contributed by atoms with Crippen molar-refractivity contribution in [2.45, 2.75) is 26.8 Å². The molecule has 0 bridgehead atoms. The molecule has 0 spiro atoms. The Balaban J connectivity index is 1.34. The summed E-state index contributed by atoms with van der Waals surface area (Å²) in [7, 11) is 0. The maximum atomic E-state index is 5.56. The topological polar surface area (TPSA) is 84.8 Å². The molecule has 1 aliphatic heterocycles. The minimum Gasteiger partial charge on any atom is -0.378 e. The van der Waals surface area contributed by atoms with Crippen molar-refractivity contribution in [3.8, 4) is 22.5 Å².